The molecular formula is C23H17ClFN5O4. The third-order valence-electron chi connectivity index (χ3n) is 4.97. The predicted molar refractivity (Wildman–Crippen MR) is 123 cm³/mol. The van der Waals surface area contributed by atoms with Crippen LogP contribution < -0.4 is 10.9 Å². The van der Waals surface area contributed by atoms with Crippen molar-refractivity contribution in [1.82, 2.24) is 19.5 Å². The van der Waals surface area contributed by atoms with Crippen molar-refractivity contribution in [3.8, 4) is 11.3 Å². The minimum absolute atomic E-state index is 0.0535. The summed E-state index contributed by atoms with van der Waals surface area (Å²) in [7, 11) is 0. The number of aromatic carboxylic acids is 1. The largest absolute Gasteiger partial charge is 0.477 e. The highest BCUT2D eigenvalue weighted by molar-refractivity contribution is 6.30. The number of nitrogens with one attached hydrogen (secondary N) is 1. The normalized spacial score (nSPS) is 11.7. The topological polar surface area (TPSA) is 130 Å². The van der Waals surface area contributed by atoms with Crippen LogP contribution in [0, 0.1) is 5.82 Å². The molecule has 3 N–H and O–H groups in total. The molecule has 0 spiro atoms. The van der Waals surface area contributed by atoms with E-state index in [9.17, 15) is 19.1 Å². The second-order valence-electron chi connectivity index (χ2n) is 7.16. The fourth-order valence-electron chi connectivity index (χ4n) is 3.31. The molecule has 0 aliphatic heterocycles. The summed E-state index contributed by atoms with van der Waals surface area (Å²) in [5.74, 6) is -1.62. The van der Waals surface area contributed by atoms with Gasteiger partial charge in [-0.05, 0) is 42.0 Å². The number of anilines is 2. The van der Waals surface area contributed by atoms with Crippen LogP contribution in [-0.2, 0) is 0 Å². The summed E-state index contributed by atoms with van der Waals surface area (Å²) in [6, 6.07) is 10.8. The number of aliphatic hydroxyl groups excluding tert-OH is 1. The molecule has 0 radical (unpaired) electrons. The third-order valence-corrected chi connectivity index (χ3v) is 5.28. The maximum absolute atomic E-state index is 13.9. The van der Waals surface area contributed by atoms with E-state index in [1.54, 1.807) is 24.3 Å². The van der Waals surface area contributed by atoms with Crippen molar-refractivity contribution in [2.45, 2.75) is 6.04 Å². The second-order valence-corrected chi connectivity index (χ2v) is 7.57. The lowest BCUT2D eigenvalue weighted by Crippen LogP contribution is -2.27. The van der Waals surface area contributed by atoms with Crippen molar-refractivity contribution in [2.24, 2.45) is 0 Å². The van der Waals surface area contributed by atoms with Crippen LogP contribution in [0.5, 0.6) is 0 Å². The van der Waals surface area contributed by atoms with Crippen molar-refractivity contribution in [3.05, 3.63) is 99.6 Å². The van der Waals surface area contributed by atoms with E-state index in [4.69, 9.17) is 16.7 Å². The first-order chi connectivity index (χ1) is 16.4. The Morgan fingerprint density at radius 1 is 1.12 bits per heavy atom. The molecule has 34 heavy (non-hydrogen) atoms. The van der Waals surface area contributed by atoms with Crippen molar-refractivity contribution in [3.63, 3.8) is 0 Å². The number of carboxylic acid groups (broad SMARTS) is 1. The Balaban J connectivity index is 1.61. The molecule has 11 heteroatoms. The molecule has 9 nitrogen and oxygen atoms in total. The first-order valence-corrected chi connectivity index (χ1v) is 10.3. The van der Waals surface area contributed by atoms with E-state index in [2.05, 4.69) is 20.3 Å². The number of pyridine rings is 2. The van der Waals surface area contributed by atoms with Crippen LogP contribution in [0.15, 0.2) is 71.9 Å². The van der Waals surface area contributed by atoms with E-state index >= 15 is 0 Å². The molecule has 1 atom stereocenters. The molecule has 0 fully saturated rings. The zero-order valence-electron chi connectivity index (χ0n) is 17.4. The van der Waals surface area contributed by atoms with E-state index in [0.29, 0.717) is 22.5 Å². The Kier molecular flexibility index (Phi) is 6.62. The molecule has 0 saturated heterocycles. The molecule has 0 aliphatic rings. The van der Waals surface area contributed by atoms with E-state index in [0.717, 1.165) is 0 Å². The van der Waals surface area contributed by atoms with Gasteiger partial charge in [0, 0.05) is 35.9 Å². The van der Waals surface area contributed by atoms with Gasteiger partial charge in [-0.2, -0.15) is 0 Å². The second kappa shape index (κ2) is 9.77. The number of rotatable bonds is 7. The fourth-order valence-corrected chi connectivity index (χ4v) is 3.43. The van der Waals surface area contributed by atoms with Gasteiger partial charge in [-0.25, -0.2) is 24.1 Å². The average molecular weight is 482 g/mol. The predicted octanol–water partition coefficient (Wildman–Crippen LogP) is 3.52. The van der Waals surface area contributed by atoms with Crippen molar-refractivity contribution < 1.29 is 19.4 Å². The van der Waals surface area contributed by atoms with Crippen LogP contribution in [0.25, 0.3) is 11.3 Å². The SMILES string of the molecule is O=C(O)c1cc(Nc2nccc(-c3ccn([C@H](CO)c4ccc(Cl)c(F)c4)c(=O)c3)n2)ccn1. The van der Waals surface area contributed by atoms with Crippen LogP contribution in [0.3, 0.4) is 0 Å². The fraction of sp³-hybridized carbons (Fsp3) is 0.0870. The van der Waals surface area contributed by atoms with E-state index in [1.807, 2.05) is 0 Å². The molecule has 3 heterocycles. The molecule has 0 aliphatic carbocycles. The molecule has 1 aromatic carbocycles. The summed E-state index contributed by atoms with van der Waals surface area (Å²) in [4.78, 5) is 36.2. The molecule has 0 saturated carbocycles. The van der Waals surface area contributed by atoms with Crippen molar-refractivity contribution in [2.75, 3.05) is 11.9 Å². The van der Waals surface area contributed by atoms with Crippen LogP contribution in [0.1, 0.15) is 22.1 Å². The Bertz CT molecular complexity index is 1430. The number of carboxylic acids is 1. The maximum atomic E-state index is 13.9. The molecular weight excluding hydrogens is 465 g/mol. The summed E-state index contributed by atoms with van der Waals surface area (Å²) in [6.07, 6.45) is 4.32. The zero-order chi connectivity index (χ0) is 24.2. The zero-order valence-corrected chi connectivity index (χ0v) is 18.1. The van der Waals surface area contributed by atoms with Gasteiger partial charge in [-0.15, -0.1) is 0 Å². The summed E-state index contributed by atoms with van der Waals surface area (Å²) in [5.41, 5.74) is 1.19. The van der Waals surface area contributed by atoms with Crippen molar-refractivity contribution >= 4 is 29.2 Å². The Morgan fingerprint density at radius 2 is 1.91 bits per heavy atom. The van der Waals surface area contributed by atoms with Gasteiger partial charge in [-0.3, -0.25) is 4.79 Å². The van der Waals surface area contributed by atoms with Crippen LogP contribution in [0.2, 0.25) is 5.02 Å². The smallest absolute Gasteiger partial charge is 0.354 e. The summed E-state index contributed by atoms with van der Waals surface area (Å²) in [6.45, 7) is -0.424. The number of hydrogen-bond acceptors (Lipinski definition) is 7. The third kappa shape index (κ3) is 4.92. The number of hydrogen-bond donors (Lipinski definition) is 3. The summed E-state index contributed by atoms with van der Waals surface area (Å²) in [5, 5.41) is 21.8. The number of aliphatic hydroxyl groups is 1. The highest BCUT2D eigenvalue weighted by atomic mass is 35.5. The van der Waals surface area contributed by atoms with Gasteiger partial charge in [0.05, 0.1) is 23.4 Å². The molecule has 3 aromatic heterocycles. The van der Waals surface area contributed by atoms with Gasteiger partial charge >= 0.3 is 5.97 Å². The van der Waals surface area contributed by atoms with Crippen LogP contribution in [0.4, 0.5) is 16.0 Å². The van der Waals surface area contributed by atoms with E-state index in [-0.39, 0.29) is 16.7 Å². The van der Waals surface area contributed by atoms with Crippen LogP contribution in [-0.4, -0.2) is 42.3 Å². The molecule has 172 valence electrons. The minimum atomic E-state index is -1.17. The monoisotopic (exact) mass is 481 g/mol. The number of carbonyl (C=O) groups is 1. The molecule has 0 amide bonds. The molecule has 0 unspecified atom stereocenters. The van der Waals surface area contributed by atoms with Gasteiger partial charge in [-0.1, -0.05) is 17.7 Å². The number of halogens is 2. The van der Waals surface area contributed by atoms with Crippen LogP contribution >= 0.6 is 11.6 Å². The Morgan fingerprint density at radius 3 is 2.62 bits per heavy atom. The Hall–Kier alpha value is -4.15. The van der Waals surface area contributed by atoms with E-state index in [1.165, 1.54) is 47.4 Å². The molecule has 0 bridgehead atoms. The molecule has 4 aromatic rings. The van der Waals surface area contributed by atoms with Gasteiger partial charge in [0.25, 0.3) is 5.56 Å². The standard InChI is InChI=1S/C23H17ClFN5O4/c24-16-2-1-14(9-17(16)25)20(12-31)30-8-5-13(10-21(30)32)18-4-7-27-23(29-18)28-15-3-6-26-19(11-15)22(33)34/h1-11,20,31H,12H2,(H,33,34)(H,26,27,28,29)/t20-/m1/s1. The van der Waals surface area contributed by atoms with Gasteiger partial charge in [0.1, 0.15) is 11.5 Å². The van der Waals surface area contributed by atoms with Gasteiger partial charge < -0.3 is 20.1 Å². The lowest BCUT2D eigenvalue weighted by atomic mass is 10.1. The van der Waals surface area contributed by atoms with Gasteiger partial charge in [0.2, 0.25) is 5.95 Å². The lowest BCUT2D eigenvalue weighted by molar-refractivity contribution is 0.0690. The quantitative estimate of drug-likeness (QED) is 0.365. The first kappa shape index (κ1) is 23.0. The highest BCUT2D eigenvalue weighted by Crippen LogP contribution is 2.24. The number of aromatic nitrogens is 4. The number of nitrogens with zero attached hydrogens (tertiary/aromatic N) is 4. The summed E-state index contributed by atoms with van der Waals surface area (Å²) < 4.78 is 15.2. The van der Waals surface area contributed by atoms with Crippen molar-refractivity contribution in [1.29, 1.82) is 0 Å². The lowest BCUT2D eigenvalue weighted by Gasteiger charge is -2.18. The first-order valence-electron chi connectivity index (χ1n) is 9.93. The average Bonchev–Trinajstić information content (AvgIpc) is 2.83. The van der Waals surface area contributed by atoms with E-state index < -0.39 is 30.0 Å². The molecule has 4 rings (SSSR count). The summed E-state index contributed by atoms with van der Waals surface area (Å²) >= 11 is 5.73. The Labute approximate surface area is 197 Å². The van der Waals surface area contributed by atoms with Gasteiger partial charge in [0.15, 0.2) is 0 Å². The number of benzene rings is 1. The highest BCUT2D eigenvalue weighted by Gasteiger charge is 2.17. The minimum Gasteiger partial charge on any atom is -0.477 e. The maximum Gasteiger partial charge on any atom is 0.354 e.